The van der Waals surface area contributed by atoms with Crippen molar-refractivity contribution in [3.05, 3.63) is 78.4 Å². The van der Waals surface area contributed by atoms with E-state index in [0.717, 1.165) is 22.6 Å². The highest BCUT2D eigenvalue weighted by molar-refractivity contribution is 7.98. The predicted molar refractivity (Wildman–Crippen MR) is 118 cm³/mol. The largest absolute Gasteiger partial charge is 0.496 e. The second kappa shape index (κ2) is 9.61. The standard InChI is InChI=1S/C23H21FN4O2S/c1-3-30-20-7-5-19(6-8-20)28-22(16-10-12-25-13-11-16)26-27-23(28)31-15-17-14-18(24)4-9-21(17)29-2/h4-14H,3,15H2,1-2H3. The minimum absolute atomic E-state index is 0.304. The number of hydrogen-bond donors (Lipinski definition) is 0. The molecular weight excluding hydrogens is 415 g/mol. The number of hydrogen-bond acceptors (Lipinski definition) is 6. The normalized spacial score (nSPS) is 10.8. The molecule has 0 spiro atoms. The van der Waals surface area contributed by atoms with Crippen LogP contribution >= 0.6 is 11.8 Å². The SMILES string of the molecule is CCOc1ccc(-n2c(SCc3cc(F)ccc3OC)nnc2-c2ccncc2)cc1. The minimum atomic E-state index is -0.304. The van der Waals surface area contributed by atoms with Crippen LogP contribution in [0.2, 0.25) is 0 Å². The lowest BCUT2D eigenvalue weighted by atomic mass is 10.2. The molecule has 2 aromatic carbocycles. The number of benzene rings is 2. The van der Waals surface area contributed by atoms with E-state index in [4.69, 9.17) is 9.47 Å². The Morgan fingerprint density at radius 2 is 1.77 bits per heavy atom. The molecule has 0 aliphatic carbocycles. The van der Waals surface area contributed by atoms with Crippen LogP contribution in [0.25, 0.3) is 17.1 Å². The van der Waals surface area contributed by atoms with E-state index in [0.29, 0.717) is 29.1 Å². The van der Waals surface area contributed by atoms with E-state index in [9.17, 15) is 4.39 Å². The topological polar surface area (TPSA) is 62.1 Å². The summed E-state index contributed by atoms with van der Waals surface area (Å²) in [5.74, 6) is 2.30. The number of rotatable bonds is 8. The fourth-order valence-electron chi connectivity index (χ4n) is 3.14. The fourth-order valence-corrected chi connectivity index (χ4v) is 4.07. The summed E-state index contributed by atoms with van der Waals surface area (Å²) >= 11 is 1.46. The quantitative estimate of drug-likeness (QED) is 0.355. The van der Waals surface area contributed by atoms with Crippen molar-refractivity contribution in [2.75, 3.05) is 13.7 Å². The summed E-state index contributed by atoms with van der Waals surface area (Å²) in [7, 11) is 1.57. The zero-order chi connectivity index (χ0) is 21.6. The molecule has 0 saturated carbocycles. The Balaban J connectivity index is 1.71. The van der Waals surface area contributed by atoms with E-state index in [1.807, 2.05) is 47.9 Å². The highest BCUT2D eigenvalue weighted by Gasteiger charge is 2.17. The van der Waals surface area contributed by atoms with Crippen molar-refractivity contribution in [1.29, 1.82) is 0 Å². The number of nitrogens with zero attached hydrogens (tertiary/aromatic N) is 4. The molecule has 0 aliphatic rings. The summed E-state index contributed by atoms with van der Waals surface area (Å²) in [6.07, 6.45) is 3.44. The van der Waals surface area contributed by atoms with Crippen LogP contribution in [0.5, 0.6) is 11.5 Å². The van der Waals surface area contributed by atoms with Crippen molar-refractivity contribution >= 4 is 11.8 Å². The van der Waals surface area contributed by atoms with Crippen LogP contribution in [0.15, 0.2) is 72.1 Å². The number of methoxy groups -OCH3 is 1. The maximum atomic E-state index is 13.8. The maximum absolute atomic E-state index is 13.8. The zero-order valence-electron chi connectivity index (χ0n) is 17.2. The van der Waals surface area contributed by atoms with Crippen LogP contribution in [-0.2, 0) is 5.75 Å². The van der Waals surface area contributed by atoms with Gasteiger partial charge in [0.05, 0.1) is 13.7 Å². The Hall–Kier alpha value is -3.39. The van der Waals surface area contributed by atoms with Crippen molar-refractivity contribution in [2.45, 2.75) is 17.8 Å². The third-order valence-electron chi connectivity index (χ3n) is 4.58. The summed E-state index contributed by atoms with van der Waals surface area (Å²) in [4.78, 5) is 4.09. The molecular formula is C23H21FN4O2S. The predicted octanol–water partition coefficient (Wildman–Crippen LogP) is 5.17. The Morgan fingerprint density at radius 3 is 2.48 bits per heavy atom. The Morgan fingerprint density at radius 1 is 1.00 bits per heavy atom. The van der Waals surface area contributed by atoms with Gasteiger partial charge in [0.2, 0.25) is 0 Å². The van der Waals surface area contributed by atoms with E-state index >= 15 is 0 Å². The first kappa shape index (κ1) is 20.9. The Kier molecular flexibility index (Phi) is 6.47. The molecule has 0 radical (unpaired) electrons. The first-order chi connectivity index (χ1) is 15.2. The lowest BCUT2D eigenvalue weighted by molar-refractivity contribution is 0.340. The number of pyridine rings is 1. The van der Waals surface area contributed by atoms with Crippen LogP contribution in [0, 0.1) is 5.82 Å². The van der Waals surface area contributed by atoms with Gasteiger partial charge in [0.15, 0.2) is 11.0 Å². The molecule has 2 aromatic heterocycles. The summed E-state index contributed by atoms with van der Waals surface area (Å²) in [6.45, 7) is 2.55. The molecule has 0 bridgehead atoms. The van der Waals surface area contributed by atoms with Crippen LogP contribution in [0.3, 0.4) is 0 Å². The van der Waals surface area contributed by atoms with Crippen LogP contribution in [0.1, 0.15) is 12.5 Å². The summed E-state index contributed by atoms with van der Waals surface area (Å²) in [5, 5.41) is 9.51. The van der Waals surface area contributed by atoms with E-state index < -0.39 is 0 Å². The number of ether oxygens (including phenoxy) is 2. The van der Waals surface area contributed by atoms with Gasteiger partial charge in [-0.1, -0.05) is 11.8 Å². The van der Waals surface area contributed by atoms with Gasteiger partial charge in [-0.2, -0.15) is 0 Å². The highest BCUT2D eigenvalue weighted by Crippen LogP contribution is 2.32. The number of aromatic nitrogens is 4. The number of halogens is 1. The molecule has 0 saturated heterocycles. The molecule has 158 valence electrons. The molecule has 0 aliphatic heterocycles. The fraction of sp³-hybridized carbons (Fsp3) is 0.174. The van der Waals surface area contributed by atoms with Crippen molar-refractivity contribution in [3.8, 4) is 28.6 Å². The van der Waals surface area contributed by atoms with Gasteiger partial charge in [0.25, 0.3) is 0 Å². The van der Waals surface area contributed by atoms with Gasteiger partial charge in [0.1, 0.15) is 17.3 Å². The van der Waals surface area contributed by atoms with Gasteiger partial charge in [-0.05, 0) is 61.5 Å². The average molecular weight is 437 g/mol. The summed E-state index contributed by atoms with van der Waals surface area (Å²) in [5.41, 5.74) is 2.54. The van der Waals surface area contributed by atoms with Gasteiger partial charge in [0, 0.05) is 35.0 Å². The molecule has 31 heavy (non-hydrogen) atoms. The summed E-state index contributed by atoms with van der Waals surface area (Å²) in [6, 6.07) is 16.0. The minimum Gasteiger partial charge on any atom is -0.496 e. The zero-order valence-corrected chi connectivity index (χ0v) is 18.0. The Bertz CT molecular complexity index is 1150. The monoisotopic (exact) mass is 436 g/mol. The molecule has 6 nitrogen and oxygen atoms in total. The molecule has 0 atom stereocenters. The molecule has 2 heterocycles. The van der Waals surface area contributed by atoms with Crippen LogP contribution < -0.4 is 9.47 Å². The Labute approximate surface area is 184 Å². The molecule has 0 fully saturated rings. The molecule has 4 rings (SSSR count). The van der Waals surface area contributed by atoms with E-state index in [1.165, 1.54) is 23.9 Å². The van der Waals surface area contributed by atoms with Crippen molar-refractivity contribution in [1.82, 2.24) is 19.7 Å². The van der Waals surface area contributed by atoms with Gasteiger partial charge in [-0.15, -0.1) is 10.2 Å². The molecule has 0 amide bonds. The average Bonchev–Trinajstić information content (AvgIpc) is 3.23. The molecule has 8 heteroatoms. The van der Waals surface area contributed by atoms with E-state index in [2.05, 4.69) is 15.2 Å². The lowest BCUT2D eigenvalue weighted by Crippen LogP contribution is -2.01. The van der Waals surface area contributed by atoms with Gasteiger partial charge < -0.3 is 9.47 Å². The molecule has 0 unspecified atom stereocenters. The van der Waals surface area contributed by atoms with Crippen LogP contribution in [-0.4, -0.2) is 33.5 Å². The smallest absolute Gasteiger partial charge is 0.196 e. The molecule has 4 aromatic rings. The van der Waals surface area contributed by atoms with E-state index in [-0.39, 0.29) is 5.82 Å². The lowest BCUT2D eigenvalue weighted by Gasteiger charge is -2.12. The van der Waals surface area contributed by atoms with Gasteiger partial charge in [-0.25, -0.2) is 4.39 Å². The number of thioether (sulfide) groups is 1. The third kappa shape index (κ3) is 4.69. The van der Waals surface area contributed by atoms with Gasteiger partial charge >= 0.3 is 0 Å². The first-order valence-corrected chi connectivity index (χ1v) is 10.7. The second-order valence-corrected chi connectivity index (χ2v) is 7.49. The van der Waals surface area contributed by atoms with Crippen LogP contribution in [0.4, 0.5) is 4.39 Å². The first-order valence-electron chi connectivity index (χ1n) is 9.74. The van der Waals surface area contributed by atoms with E-state index in [1.54, 1.807) is 25.6 Å². The van der Waals surface area contributed by atoms with Crippen molar-refractivity contribution in [2.24, 2.45) is 0 Å². The van der Waals surface area contributed by atoms with Crippen molar-refractivity contribution in [3.63, 3.8) is 0 Å². The highest BCUT2D eigenvalue weighted by atomic mass is 32.2. The van der Waals surface area contributed by atoms with Crippen molar-refractivity contribution < 1.29 is 13.9 Å². The van der Waals surface area contributed by atoms with Gasteiger partial charge in [-0.3, -0.25) is 9.55 Å². The second-order valence-electron chi connectivity index (χ2n) is 6.55. The maximum Gasteiger partial charge on any atom is 0.196 e. The molecule has 0 N–H and O–H groups in total. The third-order valence-corrected chi connectivity index (χ3v) is 5.55. The summed E-state index contributed by atoms with van der Waals surface area (Å²) < 4.78 is 26.7.